The van der Waals surface area contributed by atoms with Gasteiger partial charge in [-0.25, -0.2) is 4.99 Å². The fraction of sp³-hybridized carbons (Fsp3) is 0.632. The molecule has 0 amide bonds. The van der Waals surface area contributed by atoms with Gasteiger partial charge in [-0.1, -0.05) is 24.3 Å². The normalized spacial score (nSPS) is 18.5. The number of halogens is 1. The van der Waals surface area contributed by atoms with Crippen molar-refractivity contribution in [1.29, 1.82) is 0 Å². The molecule has 2 fully saturated rings. The number of nitrogens with one attached hydrogen (secondary N) is 2. The minimum Gasteiger partial charge on any atom is -0.379 e. The minimum atomic E-state index is 0. The van der Waals surface area contributed by atoms with Crippen LogP contribution >= 0.6 is 24.0 Å². The van der Waals surface area contributed by atoms with Crippen LogP contribution in [0.1, 0.15) is 30.9 Å². The highest BCUT2D eigenvalue weighted by atomic mass is 127. The molecule has 0 atom stereocenters. The number of hydrogen-bond donors (Lipinski definition) is 2. The molecule has 5 nitrogen and oxygen atoms in total. The standard InChI is InChI=1S/C19H30N4O.HI/c1-2-20-19(21-13-16-6-7-16)22-14-17-4-3-5-18(12-17)15-23-8-10-24-11-9-23;/h3-5,12,16H,2,6-11,13-15H2,1H3,(H2,20,21,22);1H. The van der Waals surface area contributed by atoms with Crippen LogP contribution in [0, 0.1) is 5.92 Å². The summed E-state index contributed by atoms with van der Waals surface area (Å²) in [7, 11) is 0. The van der Waals surface area contributed by atoms with E-state index in [-0.39, 0.29) is 24.0 Å². The van der Waals surface area contributed by atoms with Gasteiger partial charge >= 0.3 is 0 Å². The Morgan fingerprint density at radius 3 is 2.68 bits per heavy atom. The number of nitrogens with zero attached hydrogens (tertiary/aromatic N) is 2. The van der Waals surface area contributed by atoms with E-state index in [9.17, 15) is 0 Å². The summed E-state index contributed by atoms with van der Waals surface area (Å²) in [5.74, 6) is 1.79. The van der Waals surface area contributed by atoms with Gasteiger partial charge in [-0.15, -0.1) is 24.0 Å². The summed E-state index contributed by atoms with van der Waals surface area (Å²) >= 11 is 0. The molecule has 1 saturated heterocycles. The van der Waals surface area contributed by atoms with Crippen LogP contribution in [0.4, 0.5) is 0 Å². The van der Waals surface area contributed by atoms with Gasteiger partial charge in [-0.05, 0) is 36.8 Å². The average Bonchev–Trinajstić information content (AvgIpc) is 3.43. The summed E-state index contributed by atoms with van der Waals surface area (Å²) < 4.78 is 5.42. The van der Waals surface area contributed by atoms with Crippen LogP contribution in [0.3, 0.4) is 0 Å². The summed E-state index contributed by atoms with van der Waals surface area (Å²) in [5.41, 5.74) is 2.63. The smallest absolute Gasteiger partial charge is 0.191 e. The molecule has 0 spiro atoms. The predicted molar refractivity (Wildman–Crippen MR) is 113 cm³/mol. The summed E-state index contributed by atoms with van der Waals surface area (Å²) in [6.45, 7) is 9.52. The maximum absolute atomic E-state index is 5.42. The Bertz CT molecular complexity index is 542. The lowest BCUT2D eigenvalue weighted by molar-refractivity contribution is 0.0342. The molecular weight excluding hydrogens is 427 g/mol. The second-order valence-electron chi connectivity index (χ2n) is 6.73. The third-order valence-electron chi connectivity index (χ3n) is 4.52. The highest BCUT2D eigenvalue weighted by Crippen LogP contribution is 2.27. The molecule has 1 aliphatic heterocycles. The van der Waals surface area contributed by atoms with Crippen molar-refractivity contribution < 1.29 is 4.74 Å². The van der Waals surface area contributed by atoms with Crippen molar-refractivity contribution in [2.75, 3.05) is 39.4 Å². The van der Waals surface area contributed by atoms with Crippen LogP contribution in [0.5, 0.6) is 0 Å². The second kappa shape index (κ2) is 11.0. The van der Waals surface area contributed by atoms with Gasteiger partial charge in [0.1, 0.15) is 0 Å². The van der Waals surface area contributed by atoms with Crippen molar-refractivity contribution in [3.05, 3.63) is 35.4 Å². The maximum Gasteiger partial charge on any atom is 0.191 e. The van der Waals surface area contributed by atoms with Gasteiger partial charge in [0.15, 0.2) is 5.96 Å². The number of hydrogen-bond acceptors (Lipinski definition) is 3. The molecule has 3 rings (SSSR count). The highest BCUT2D eigenvalue weighted by Gasteiger charge is 2.21. The summed E-state index contributed by atoms with van der Waals surface area (Å²) in [4.78, 5) is 7.18. The lowest BCUT2D eigenvalue weighted by atomic mass is 10.1. The first kappa shape index (κ1) is 20.5. The van der Waals surface area contributed by atoms with Crippen LogP contribution in [-0.2, 0) is 17.8 Å². The Morgan fingerprint density at radius 2 is 1.96 bits per heavy atom. The number of morpholine rings is 1. The number of benzene rings is 1. The van der Waals surface area contributed by atoms with Crippen molar-refractivity contribution in [2.24, 2.45) is 10.9 Å². The first-order valence-electron chi connectivity index (χ1n) is 9.23. The van der Waals surface area contributed by atoms with E-state index in [0.717, 1.165) is 64.4 Å². The summed E-state index contributed by atoms with van der Waals surface area (Å²) in [5, 5.41) is 6.78. The molecule has 1 aliphatic carbocycles. The van der Waals surface area contributed by atoms with E-state index in [0.29, 0.717) is 0 Å². The molecule has 1 saturated carbocycles. The second-order valence-corrected chi connectivity index (χ2v) is 6.73. The number of aliphatic imine (C=N–C) groups is 1. The number of guanidine groups is 1. The number of ether oxygens (including phenoxy) is 1. The average molecular weight is 458 g/mol. The van der Waals surface area contributed by atoms with Crippen molar-refractivity contribution in [3.8, 4) is 0 Å². The van der Waals surface area contributed by atoms with Gasteiger partial charge < -0.3 is 15.4 Å². The van der Waals surface area contributed by atoms with Crippen LogP contribution in [0.2, 0.25) is 0 Å². The van der Waals surface area contributed by atoms with E-state index < -0.39 is 0 Å². The molecule has 1 aromatic rings. The minimum absolute atomic E-state index is 0. The van der Waals surface area contributed by atoms with E-state index in [1.54, 1.807) is 0 Å². The van der Waals surface area contributed by atoms with E-state index in [2.05, 4.69) is 46.7 Å². The zero-order valence-corrected chi connectivity index (χ0v) is 17.5. The lowest BCUT2D eigenvalue weighted by Crippen LogP contribution is -2.38. The van der Waals surface area contributed by atoms with E-state index in [4.69, 9.17) is 9.73 Å². The molecule has 25 heavy (non-hydrogen) atoms. The Labute approximate surface area is 168 Å². The molecule has 0 radical (unpaired) electrons. The first-order chi connectivity index (χ1) is 11.8. The van der Waals surface area contributed by atoms with Crippen LogP contribution in [0.25, 0.3) is 0 Å². The molecule has 140 valence electrons. The Hall–Kier alpha value is -0.860. The van der Waals surface area contributed by atoms with Gasteiger partial charge in [0.25, 0.3) is 0 Å². The molecule has 0 bridgehead atoms. The van der Waals surface area contributed by atoms with Gasteiger partial charge in [0.2, 0.25) is 0 Å². The fourth-order valence-electron chi connectivity index (χ4n) is 2.92. The van der Waals surface area contributed by atoms with Crippen LogP contribution in [-0.4, -0.2) is 50.3 Å². The summed E-state index contributed by atoms with van der Waals surface area (Å²) in [6, 6.07) is 8.80. The van der Waals surface area contributed by atoms with Gasteiger partial charge in [0.05, 0.1) is 19.8 Å². The van der Waals surface area contributed by atoms with E-state index in [1.807, 2.05) is 0 Å². The van der Waals surface area contributed by atoms with Crippen LogP contribution < -0.4 is 10.6 Å². The largest absolute Gasteiger partial charge is 0.379 e. The fourth-order valence-corrected chi connectivity index (χ4v) is 2.92. The number of rotatable bonds is 7. The first-order valence-corrected chi connectivity index (χ1v) is 9.23. The Kier molecular flexibility index (Phi) is 8.98. The van der Waals surface area contributed by atoms with Gasteiger partial charge in [-0.2, -0.15) is 0 Å². The van der Waals surface area contributed by atoms with E-state index >= 15 is 0 Å². The molecule has 2 aliphatic rings. The molecule has 2 N–H and O–H groups in total. The monoisotopic (exact) mass is 458 g/mol. The van der Waals surface area contributed by atoms with Crippen molar-refractivity contribution >= 4 is 29.9 Å². The van der Waals surface area contributed by atoms with Crippen LogP contribution in [0.15, 0.2) is 29.3 Å². The van der Waals surface area contributed by atoms with Crippen molar-refractivity contribution in [3.63, 3.8) is 0 Å². The third-order valence-corrected chi connectivity index (χ3v) is 4.52. The van der Waals surface area contributed by atoms with E-state index in [1.165, 1.54) is 24.0 Å². The topological polar surface area (TPSA) is 48.9 Å². The molecule has 6 heteroatoms. The quantitative estimate of drug-likeness (QED) is 0.375. The zero-order valence-electron chi connectivity index (χ0n) is 15.2. The van der Waals surface area contributed by atoms with Crippen molar-refractivity contribution in [1.82, 2.24) is 15.5 Å². The maximum atomic E-state index is 5.42. The SMILES string of the molecule is CCNC(=NCc1cccc(CN2CCOCC2)c1)NCC1CC1.I. The highest BCUT2D eigenvalue weighted by molar-refractivity contribution is 14.0. The Balaban J connectivity index is 0.00000225. The molecule has 1 heterocycles. The predicted octanol–water partition coefficient (Wildman–Crippen LogP) is 2.60. The summed E-state index contributed by atoms with van der Waals surface area (Å²) in [6.07, 6.45) is 2.71. The molecule has 0 unspecified atom stereocenters. The molecular formula is C19H31IN4O. The Morgan fingerprint density at radius 1 is 1.20 bits per heavy atom. The van der Waals surface area contributed by atoms with Gasteiger partial charge in [-0.3, -0.25) is 4.90 Å². The van der Waals surface area contributed by atoms with Gasteiger partial charge in [0, 0.05) is 32.7 Å². The third kappa shape index (κ3) is 7.50. The molecule has 1 aromatic carbocycles. The lowest BCUT2D eigenvalue weighted by Gasteiger charge is -2.26. The molecule has 0 aromatic heterocycles. The zero-order chi connectivity index (χ0) is 16.6. The van der Waals surface area contributed by atoms with Crippen molar-refractivity contribution in [2.45, 2.75) is 32.9 Å².